The van der Waals surface area contributed by atoms with E-state index in [1.807, 2.05) is 57.2 Å². The smallest absolute Gasteiger partial charge is 0.229 e. The first-order chi connectivity index (χ1) is 12.4. The van der Waals surface area contributed by atoms with Gasteiger partial charge in [0, 0.05) is 18.7 Å². The van der Waals surface area contributed by atoms with Crippen LogP contribution in [0.1, 0.15) is 23.1 Å². The molecule has 3 rings (SSSR count). The van der Waals surface area contributed by atoms with E-state index >= 15 is 0 Å². The Hall–Kier alpha value is -2.82. The number of hydrogen-bond donors (Lipinski definition) is 1. The molecule has 5 nitrogen and oxygen atoms in total. The summed E-state index contributed by atoms with van der Waals surface area (Å²) in [7, 11) is 1.57. The van der Waals surface area contributed by atoms with E-state index in [9.17, 15) is 9.59 Å². The fourth-order valence-electron chi connectivity index (χ4n) is 3.18. The van der Waals surface area contributed by atoms with Crippen molar-refractivity contribution < 1.29 is 14.3 Å². The van der Waals surface area contributed by atoms with E-state index in [1.165, 1.54) is 5.56 Å². The van der Waals surface area contributed by atoms with Gasteiger partial charge < -0.3 is 15.0 Å². The molecule has 1 heterocycles. The molecule has 5 heteroatoms. The maximum Gasteiger partial charge on any atom is 0.229 e. The fraction of sp³-hybridized carbons (Fsp3) is 0.333. The molecule has 2 aromatic rings. The lowest BCUT2D eigenvalue weighted by molar-refractivity contribution is -0.122. The zero-order valence-electron chi connectivity index (χ0n) is 15.6. The fourth-order valence-corrected chi connectivity index (χ4v) is 3.18. The van der Waals surface area contributed by atoms with Crippen molar-refractivity contribution >= 4 is 23.2 Å². The van der Waals surface area contributed by atoms with Crippen LogP contribution in [-0.2, 0) is 9.59 Å². The van der Waals surface area contributed by atoms with Crippen molar-refractivity contribution in [3.05, 3.63) is 53.1 Å². The molecule has 1 unspecified atom stereocenters. The molecule has 2 amide bonds. The number of benzene rings is 2. The minimum absolute atomic E-state index is 0.0235. The molecule has 1 saturated heterocycles. The van der Waals surface area contributed by atoms with Crippen LogP contribution in [-0.4, -0.2) is 25.5 Å². The second kappa shape index (κ2) is 7.20. The van der Waals surface area contributed by atoms with Gasteiger partial charge in [-0.3, -0.25) is 9.59 Å². The molecule has 1 aliphatic rings. The third-order valence-electron chi connectivity index (χ3n) is 4.91. The molecule has 1 aliphatic heterocycles. The predicted molar refractivity (Wildman–Crippen MR) is 103 cm³/mol. The third kappa shape index (κ3) is 3.57. The highest BCUT2D eigenvalue weighted by atomic mass is 16.5. The van der Waals surface area contributed by atoms with Gasteiger partial charge in [-0.15, -0.1) is 0 Å². The van der Waals surface area contributed by atoms with Gasteiger partial charge in [0.15, 0.2) is 0 Å². The van der Waals surface area contributed by atoms with Crippen LogP contribution in [0.15, 0.2) is 36.4 Å². The number of rotatable bonds is 4. The largest absolute Gasteiger partial charge is 0.495 e. The van der Waals surface area contributed by atoms with Crippen LogP contribution in [0.25, 0.3) is 0 Å². The number of aryl methyl sites for hydroxylation is 3. The zero-order chi connectivity index (χ0) is 18.8. The number of methoxy groups -OCH3 is 1. The highest BCUT2D eigenvalue weighted by molar-refractivity contribution is 6.04. The molecule has 1 N–H and O–H groups in total. The molecule has 2 aromatic carbocycles. The quantitative estimate of drug-likeness (QED) is 0.914. The molecule has 0 saturated carbocycles. The van der Waals surface area contributed by atoms with Gasteiger partial charge in [0.1, 0.15) is 5.75 Å². The Balaban J connectivity index is 1.75. The zero-order valence-corrected chi connectivity index (χ0v) is 15.6. The molecule has 1 atom stereocenters. The summed E-state index contributed by atoms with van der Waals surface area (Å²) in [6.45, 7) is 6.40. The second-order valence-corrected chi connectivity index (χ2v) is 6.87. The molecule has 136 valence electrons. The van der Waals surface area contributed by atoms with Crippen LogP contribution in [0.4, 0.5) is 11.4 Å². The van der Waals surface area contributed by atoms with Gasteiger partial charge in [0.25, 0.3) is 0 Å². The van der Waals surface area contributed by atoms with E-state index in [-0.39, 0.29) is 24.2 Å². The van der Waals surface area contributed by atoms with Gasteiger partial charge in [0.2, 0.25) is 11.8 Å². The summed E-state index contributed by atoms with van der Waals surface area (Å²) in [5.74, 6) is 0.0480. The van der Waals surface area contributed by atoms with Crippen LogP contribution >= 0.6 is 0 Å². The van der Waals surface area contributed by atoms with Crippen LogP contribution in [0.5, 0.6) is 5.75 Å². The van der Waals surface area contributed by atoms with Crippen LogP contribution in [0.2, 0.25) is 0 Å². The molecule has 1 fully saturated rings. The molecule has 0 bridgehead atoms. The average molecular weight is 352 g/mol. The van der Waals surface area contributed by atoms with Crippen molar-refractivity contribution in [1.29, 1.82) is 0 Å². The topological polar surface area (TPSA) is 58.6 Å². The molecular formula is C21H24N2O3. The van der Waals surface area contributed by atoms with Gasteiger partial charge in [-0.1, -0.05) is 12.1 Å². The lowest BCUT2D eigenvalue weighted by atomic mass is 10.1. The van der Waals surface area contributed by atoms with Crippen LogP contribution in [0.3, 0.4) is 0 Å². The van der Waals surface area contributed by atoms with Gasteiger partial charge in [-0.05, 0) is 61.7 Å². The number of amides is 2. The number of carbonyl (C=O) groups is 2. The third-order valence-corrected chi connectivity index (χ3v) is 4.91. The summed E-state index contributed by atoms with van der Waals surface area (Å²) in [5.41, 5.74) is 4.82. The maximum atomic E-state index is 12.7. The van der Waals surface area contributed by atoms with Gasteiger partial charge in [-0.25, -0.2) is 0 Å². The Kier molecular flexibility index (Phi) is 4.98. The Morgan fingerprint density at radius 3 is 2.58 bits per heavy atom. The number of nitrogens with zero attached hydrogens (tertiary/aromatic N) is 1. The highest BCUT2D eigenvalue weighted by Gasteiger charge is 2.35. The summed E-state index contributed by atoms with van der Waals surface area (Å²) in [6, 6.07) is 11.6. The number of hydrogen-bond acceptors (Lipinski definition) is 3. The van der Waals surface area contributed by atoms with E-state index in [4.69, 9.17) is 4.74 Å². The standard InChI is InChI=1S/C21H24N2O3/c1-13-5-8-19(26-4)18(9-13)22-21(25)16-11-20(24)23(12-16)17-7-6-14(2)15(3)10-17/h5-10,16H,11-12H2,1-4H3,(H,22,25). The predicted octanol–water partition coefficient (Wildman–Crippen LogP) is 3.61. The Morgan fingerprint density at radius 2 is 1.88 bits per heavy atom. The van der Waals surface area contributed by atoms with Crippen LogP contribution < -0.4 is 15.0 Å². The minimum Gasteiger partial charge on any atom is -0.495 e. The summed E-state index contributed by atoms with van der Waals surface area (Å²) < 4.78 is 5.31. The van der Waals surface area contributed by atoms with Crippen molar-refractivity contribution in [1.82, 2.24) is 0 Å². The summed E-state index contributed by atoms with van der Waals surface area (Å²) in [6.07, 6.45) is 0.215. The minimum atomic E-state index is -0.380. The lowest BCUT2D eigenvalue weighted by Crippen LogP contribution is -2.28. The van der Waals surface area contributed by atoms with E-state index in [0.29, 0.717) is 18.0 Å². The first-order valence-electron chi connectivity index (χ1n) is 8.72. The van der Waals surface area contributed by atoms with Crippen molar-refractivity contribution in [2.24, 2.45) is 5.92 Å². The number of carbonyl (C=O) groups excluding carboxylic acids is 2. The monoisotopic (exact) mass is 352 g/mol. The molecule has 0 radical (unpaired) electrons. The molecule has 0 aliphatic carbocycles. The molecular weight excluding hydrogens is 328 g/mol. The van der Waals surface area contributed by atoms with Gasteiger partial charge in [-0.2, -0.15) is 0 Å². The first-order valence-corrected chi connectivity index (χ1v) is 8.72. The van der Waals surface area contributed by atoms with E-state index in [1.54, 1.807) is 12.0 Å². The maximum absolute atomic E-state index is 12.7. The van der Waals surface area contributed by atoms with E-state index < -0.39 is 0 Å². The lowest BCUT2D eigenvalue weighted by Gasteiger charge is -2.18. The van der Waals surface area contributed by atoms with Gasteiger partial charge in [0.05, 0.1) is 18.7 Å². The van der Waals surface area contributed by atoms with Crippen molar-refractivity contribution in [3.63, 3.8) is 0 Å². The SMILES string of the molecule is COc1ccc(C)cc1NC(=O)C1CC(=O)N(c2ccc(C)c(C)c2)C1. The first kappa shape index (κ1) is 18.0. The average Bonchev–Trinajstić information content (AvgIpc) is 2.99. The summed E-state index contributed by atoms with van der Waals surface area (Å²) >= 11 is 0. The van der Waals surface area contributed by atoms with Gasteiger partial charge >= 0.3 is 0 Å². The highest BCUT2D eigenvalue weighted by Crippen LogP contribution is 2.30. The number of anilines is 2. The molecule has 0 spiro atoms. The van der Waals surface area contributed by atoms with E-state index in [0.717, 1.165) is 16.8 Å². The summed E-state index contributed by atoms with van der Waals surface area (Å²) in [5, 5.41) is 2.91. The summed E-state index contributed by atoms with van der Waals surface area (Å²) in [4.78, 5) is 26.8. The van der Waals surface area contributed by atoms with Crippen LogP contribution in [0, 0.1) is 26.7 Å². The Labute approximate surface area is 154 Å². The van der Waals surface area contributed by atoms with Crippen molar-refractivity contribution in [2.75, 3.05) is 23.9 Å². The Morgan fingerprint density at radius 1 is 1.12 bits per heavy atom. The van der Waals surface area contributed by atoms with Crippen molar-refractivity contribution in [3.8, 4) is 5.75 Å². The van der Waals surface area contributed by atoms with Crippen molar-refractivity contribution in [2.45, 2.75) is 27.2 Å². The molecule has 0 aromatic heterocycles. The molecule has 26 heavy (non-hydrogen) atoms. The number of ether oxygens (including phenoxy) is 1. The second-order valence-electron chi connectivity index (χ2n) is 6.87. The number of nitrogens with one attached hydrogen (secondary N) is 1. The van der Waals surface area contributed by atoms with E-state index in [2.05, 4.69) is 5.32 Å². The normalized spacial score (nSPS) is 16.7. The Bertz CT molecular complexity index is 860.